The fourth-order valence-electron chi connectivity index (χ4n) is 5.45. The van der Waals surface area contributed by atoms with E-state index in [1.165, 1.54) is 77.5 Å². The molecule has 30 heavy (non-hydrogen) atoms. The Morgan fingerprint density at radius 3 is 2.50 bits per heavy atom. The first-order valence-electron chi connectivity index (χ1n) is 11.5. The van der Waals surface area contributed by atoms with E-state index >= 15 is 0 Å². The molecule has 0 bridgehead atoms. The first-order valence-corrected chi connectivity index (χ1v) is 12.3. The first-order chi connectivity index (χ1) is 14.0. The van der Waals surface area contributed by atoms with Crippen molar-refractivity contribution < 1.29 is 0 Å². The van der Waals surface area contributed by atoms with Gasteiger partial charge in [0.25, 0.3) is 0 Å². The monoisotopic (exact) mass is 439 g/mol. The van der Waals surface area contributed by atoms with Gasteiger partial charge in [-0.25, -0.2) is 4.98 Å². The highest BCUT2D eigenvalue weighted by Gasteiger charge is 2.34. The van der Waals surface area contributed by atoms with Crippen LogP contribution in [0.1, 0.15) is 73.7 Å². The van der Waals surface area contributed by atoms with Gasteiger partial charge in [-0.15, -0.1) is 23.7 Å². The molecule has 0 saturated heterocycles. The number of rotatable bonds is 3. The van der Waals surface area contributed by atoms with E-state index in [2.05, 4.69) is 52.0 Å². The molecule has 1 atom stereocenters. The summed E-state index contributed by atoms with van der Waals surface area (Å²) >= 11 is 1.98. The molecule has 0 N–H and O–H groups in total. The van der Waals surface area contributed by atoms with Gasteiger partial charge in [0.2, 0.25) is 0 Å². The lowest BCUT2D eigenvalue weighted by Gasteiger charge is -2.37. The third-order valence-corrected chi connectivity index (χ3v) is 9.01. The van der Waals surface area contributed by atoms with Gasteiger partial charge in [-0.3, -0.25) is 0 Å². The molecule has 3 aromatic rings. The minimum Gasteiger partial charge on any atom is -0.242 e. The first kappa shape index (κ1) is 21.8. The van der Waals surface area contributed by atoms with Crippen LogP contribution in [0.15, 0.2) is 24.3 Å². The van der Waals surface area contributed by atoms with Gasteiger partial charge in [-0.2, -0.15) is 0 Å². The highest BCUT2D eigenvalue weighted by Crippen LogP contribution is 2.47. The van der Waals surface area contributed by atoms with E-state index in [4.69, 9.17) is 4.98 Å². The zero-order valence-electron chi connectivity index (χ0n) is 18.8. The van der Waals surface area contributed by atoms with E-state index in [-0.39, 0.29) is 12.4 Å². The summed E-state index contributed by atoms with van der Waals surface area (Å²) in [6, 6.07) is 9.27. The summed E-state index contributed by atoms with van der Waals surface area (Å²) in [6.07, 6.45) is 10.0. The molecular formula is C27H34ClNS. The SMILES string of the molecule is CCC(C)(C)C1CCc2nc3sc4c(c3c(-c3ccc(C)cc3)c2C1)CCCC4.Cl. The van der Waals surface area contributed by atoms with Crippen LogP contribution in [0.2, 0.25) is 0 Å². The van der Waals surface area contributed by atoms with Gasteiger partial charge in [0, 0.05) is 16.0 Å². The van der Waals surface area contributed by atoms with Crippen molar-refractivity contribution in [3.8, 4) is 11.1 Å². The van der Waals surface area contributed by atoms with E-state index in [0.29, 0.717) is 5.41 Å². The average molecular weight is 440 g/mol. The Bertz CT molecular complexity index is 1060. The van der Waals surface area contributed by atoms with Crippen molar-refractivity contribution in [2.75, 3.05) is 0 Å². The third kappa shape index (κ3) is 3.60. The van der Waals surface area contributed by atoms with Crippen LogP contribution >= 0.6 is 23.7 Å². The fraction of sp³-hybridized carbons (Fsp3) is 0.519. The molecule has 0 spiro atoms. The average Bonchev–Trinajstić information content (AvgIpc) is 3.10. The van der Waals surface area contributed by atoms with Crippen molar-refractivity contribution in [3.05, 3.63) is 51.5 Å². The summed E-state index contributed by atoms with van der Waals surface area (Å²) in [4.78, 5) is 8.20. The summed E-state index contributed by atoms with van der Waals surface area (Å²) < 4.78 is 0. The van der Waals surface area contributed by atoms with Crippen molar-refractivity contribution >= 4 is 34.0 Å². The lowest BCUT2D eigenvalue weighted by molar-refractivity contribution is 0.182. The van der Waals surface area contributed by atoms with Crippen LogP contribution < -0.4 is 0 Å². The van der Waals surface area contributed by atoms with Crippen molar-refractivity contribution in [2.24, 2.45) is 11.3 Å². The molecule has 0 radical (unpaired) electrons. The topological polar surface area (TPSA) is 12.9 Å². The number of nitrogens with zero attached hydrogens (tertiary/aromatic N) is 1. The number of fused-ring (bicyclic) bond motifs is 4. The lowest BCUT2D eigenvalue weighted by Crippen LogP contribution is -2.29. The molecule has 2 aliphatic rings. The molecule has 0 saturated carbocycles. The number of halogens is 1. The minimum atomic E-state index is 0. The molecule has 0 amide bonds. The Morgan fingerprint density at radius 1 is 1.03 bits per heavy atom. The Balaban J connectivity index is 0.00000218. The normalized spacial score (nSPS) is 18.6. The minimum absolute atomic E-state index is 0. The fourth-order valence-corrected chi connectivity index (χ4v) is 6.74. The molecule has 0 aliphatic heterocycles. The smallest absolute Gasteiger partial charge is 0.124 e. The Hall–Kier alpha value is -1.38. The maximum absolute atomic E-state index is 5.29. The Morgan fingerprint density at radius 2 is 1.77 bits per heavy atom. The number of pyridine rings is 1. The molecular weight excluding hydrogens is 406 g/mol. The predicted octanol–water partition coefficient (Wildman–Crippen LogP) is 8.11. The van der Waals surface area contributed by atoms with Gasteiger partial charge in [-0.1, -0.05) is 57.0 Å². The van der Waals surface area contributed by atoms with Crippen LogP contribution in [0, 0.1) is 18.3 Å². The highest BCUT2D eigenvalue weighted by atomic mass is 35.5. The van der Waals surface area contributed by atoms with E-state index in [1.807, 2.05) is 11.3 Å². The molecule has 2 aliphatic carbocycles. The largest absolute Gasteiger partial charge is 0.242 e. The zero-order valence-corrected chi connectivity index (χ0v) is 20.4. The van der Waals surface area contributed by atoms with Crippen molar-refractivity contribution in [2.45, 2.75) is 79.1 Å². The molecule has 1 nitrogen and oxygen atoms in total. The van der Waals surface area contributed by atoms with Gasteiger partial charge < -0.3 is 0 Å². The molecule has 0 fully saturated rings. The number of aryl methyl sites for hydroxylation is 4. The van der Waals surface area contributed by atoms with Crippen LogP contribution in [0.4, 0.5) is 0 Å². The molecule has 1 aromatic carbocycles. The summed E-state index contributed by atoms with van der Waals surface area (Å²) in [7, 11) is 0. The molecule has 2 aromatic heterocycles. The van der Waals surface area contributed by atoms with Gasteiger partial charge in [0.1, 0.15) is 4.83 Å². The molecule has 160 valence electrons. The standard InChI is InChI=1S/C27H33NS.ClH/c1-5-27(3,4)19-14-15-22-21(16-19)24(18-12-10-17(2)11-13-18)25-20-8-6-7-9-23(20)29-26(25)28-22;/h10-13,19H,5-9,14-16H2,1-4H3;1H. The Kier molecular flexibility index (Phi) is 6.03. The predicted molar refractivity (Wildman–Crippen MR) is 133 cm³/mol. The highest BCUT2D eigenvalue weighted by molar-refractivity contribution is 7.19. The van der Waals surface area contributed by atoms with Crippen molar-refractivity contribution in [1.82, 2.24) is 4.98 Å². The third-order valence-electron chi connectivity index (χ3n) is 7.83. The number of aromatic nitrogens is 1. The van der Waals surface area contributed by atoms with E-state index in [9.17, 15) is 0 Å². The summed E-state index contributed by atoms with van der Waals surface area (Å²) in [5, 5.41) is 1.50. The Labute approximate surface area is 191 Å². The lowest BCUT2D eigenvalue weighted by atomic mass is 9.68. The second-order valence-electron chi connectivity index (χ2n) is 9.95. The molecule has 2 heterocycles. The van der Waals surface area contributed by atoms with Crippen LogP contribution in [0.5, 0.6) is 0 Å². The molecule has 5 rings (SSSR count). The quantitative estimate of drug-likeness (QED) is 0.401. The van der Waals surface area contributed by atoms with Gasteiger partial charge >= 0.3 is 0 Å². The summed E-state index contributed by atoms with van der Waals surface area (Å²) in [6.45, 7) is 9.47. The van der Waals surface area contributed by atoms with E-state index < -0.39 is 0 Å². The zero-order chi connectivity index (χ0) is 20.2. The number of benzene rings is 1. The number of hydrogen-bond donors (Lipinski definition) is 0. The van der Waals surface area contributed by atoms with Crippen LogP contribution in [0.3, 0.4) is 0 Å². The van der Waals surface area contributed by atoms with E-state index in [1.54, 1.807) is 16.0 Å². The van der Waals surface area contributed by atoms with Crippen LogP contribution in [-0.4, -0.2) is 4.98 Å². The summed E-state index contributed by atoms with van der Waals surface area (Å²) in [5.41, 5.74) is 9.23. The molecule has 3 heteroatoms. The number of hydrogen-bond acceptors (Lipinski definition) is 2. The molecule has 1 unspecified atom stereocenters. The van der Waals surface area contributed by atoms with Crippen molar-refractivity contribution in [3.63, 3.8) is 0 Å². The van der Waals surface area contributed by atoms with Gasteiger partial charge in [-0.05, 0) is 85.5 Å². The van der Waals surface area contributed by atoms with E-state index in [0.717, 1.165) is 12.3 Å². The van der Waals surface area contributed by atoms with Crippen LogP contribution in [-0.2, 0) is 25.7 Å². The van der Waals surface area contributed by atoms with Gasteiger partial charge in [0.05, 0.1) is 0 Å². The number of thiophene rings is 1. The maximum Gasteiger partial charge on any atom is 0.124 e. The summed E-state index contributed by atoms with van der Waals surface area (Å²) in [5.74, 6) is 0.748. The second kappa shape index (κ2) is 8.28. The van der Waals surface area contributed by atoms with Crippen molar-refractivity contribution in [1.29, 1.82) is 0 Å². The van der Waals surface area contributed by atoms with Gasteiger partial charge in [0.15, 0.2) is 0 Å². The maximum atomic E-state index is 5.29. The van der Waals surface area contributed by atoms with Crippen LogP contribution in [0.25, 0.3) is 21.3 Å². The second-order valence-corrected chi connectivity index (χ2v) is 11.0.